The first-order chi connectivity index (χ1) is 14.4. The summed E-state index contributed by atoms with van der Waals surface area (Å²) in [4.78, 5) is 26.6. The van der Waals surface area contributed by atoms with Crippen LogP contribution in [0.25, 0.3) is 0 Å². The Balaban J connectivity index is 1.75. The fourth-order valence-electron chi connectivity index (χ4n) is 3.40. The number of hydrogen-bond donors (Lipinski definition) is 0. The minimum absolute atomic E-state index is 0.0936. The molecular formula is C22H26N2O5S. The van der Waals surface area contributed by atoms with Crippen LogP contribution in [0, 0.1) is 0 Å². The molecule has 1 aliphatic rings. The molecule has 0 bridgehead atoms. The molecule has 1 fully saturated rings. The van der Waals surface area contributed by atoms with Gasteiger partial charge in [-0.25, -0.2) is 13.2 Å². The van der Waals surface area contributed by atoms with Crippen LogP contribution in [0.5, 0.6) is 0 Å². The van der Waals surface area contributed by atoms with Crippen LogP contribution in [0.1, 0.15) is 36.0 Å². The second-order valence-electron chi connectivity index (χ2n) is 7.18. The van der Waals surface area contributed by atoms with E-state index in [1.54, 1.807) is 47.4 Å². The molecule has 2 aromatic carbocycles. The maximum Gasteiger partial charge on any atom is 0.340 e. The smallest absolute Gasteiger partial charge is 0.340 e. The number of anilines is 1. The molecule has 7 nitrogen and oxygen atoms in total. The summed E-state index contributed by atoms with van der Waals surface area (Å²) in [6, 6.07) is 14.4. The molecule has 0 radical (unpaired) electrons. The van der Waals surface area contributed by atoms with Crippen molar-refractivity contribution in [1.82, 2.24) is 4.90 Å². The van der Waals surface area contributed by atoms with Crippen LogP contribution >= 0.6 is 0 Å². The Hall–Kier alpha value is -2.87. The molecule has 0 spiro atoms. The first-order valence-corrected chi connectivity index (χ1v) is 11.4. The summed E-state index contributed by atoms with van der Waals surface area (Å²) in [5.41, 5.74) is 0.376. The Morgan fingerprint density at radius 1 is 0.933 bits per heavy atom. The fourth-order valence-corrected chi connectivity index (χ4v) is 4.77. The topological polar surface area (TPSA) is 84.0 Å². The SMILES string of the molecule is CN(c1ccccc1)S(=O)(=O)c1ccccc1C(=O)OCC(=O)N1CCCCCC1. The van der Waals surface area contributed by atoms with Crippen molar-refractivity contribution in [3.8, 4) is 0 Å². The number of carbonyl (C=O) groups excluding carboxylic acids is 2. The van der Waals surface area contributed by atoms with Gasteiger partial charge < -0.3 is 9.64 Å². The summed E-state index contributed by atoms with van der Waals surface area (Å²) in [7, 11) is -2.57. The number of hydrogen-bond acceptors (Lipinski definition) is 5. The van der Waals surface area contributed by atoms with Gasteiger partial charge in [0.2, 0.25) is 0 Å². The second kappa shape index (κ2) is 9.75. The Labute approximate surface area is 177 Å². The van der Waals surface area contributed by atoms with E-state index in [4.69, 9.17) is 4.74 Å². The summed E-state index contributed by atoms with van der Waals surface area (Å²) < 4.78 is 32.6. The van der Waals surface area contributed by atoms with Crippen molar-refractivity contribution in [2.24, 2.45) is 0 Å². The molecule has 2 aromatic rings. The standard InChI is InChI=1S/C22H26N2O5S/c1-23(18-11-5-4-6-12-18)30(27,28)20-14-8-7-13-19(20)22(26)29-17-21(25)24-15-9-2-3-10-16-24/h4-8,11-14H,2-3,9-10,15-17H2,1H3. The largest absolute Gasteiger partial charge is 0.452 e. The second-order valence-corrected chi connectivity index (χ2v) is 9.11. The highest BCUT2D eigenvalue weighted by molar-refractivity contribution is 7.92. The number of sulfonamides is 1. The van der Waals surface area contributed by atoms with Crippen LogP contribution in [-0.4, -0.2) is 51.9 Å². The van der Waals surface area contributed by atoms with Crippen molar-refractivity contribution in [3.05, 3.63) is 60.2 Å². The summed E-state index contributed by atoms with van der Waals surface area (Å²) >= 11 is 0. The number of benzene rings is 2. The van der Waals surface area contributed by atoms with Crippen LogP contribution in [-0.2, 0) is 19.6 Å². The molecule has 1 saturated heterocycles. The maximum atomic E-state index is 13.1. The molecule has 1 heterocycles. The molecule has 1 aliphatic heterocycles. The maximum absolute atomic E-state index is 13.1. The molecule has 3 rings (SSSR count). The van der Waals surface area contributed by atoms with Crippen LogP contribution in [0.2, 0.25) is 0 Å². The number of esters is 1. The van der Waals surface area contributed by atoms with Crippen molar-refractivity contribution >= 4 is 27.6 Å². The molecule has 0 aliphatic carbocycles. The zero-order valence-electron chi connectivity index (χ0n) is 17.0. The third-order valence-corrected chi connectivity index (χ3v) is 6.99. The van der Waals surface area contributed by atoms with E-state index >= 15 is 0 Å². The van der Waals surface area contributed by atoms with E-state index in [-0.39, 0.29) is 16.4 Å². The highest BCUT2D eigenvalue weighted by Crippen LogP contribution is 2.25. The fraction of sp³-hybridized carbons (Fsp3) is 0.364. The molecule has 30 heavy (non-hydrogen) atoms. The summed E-state index contributed by atoms with van der Waals surface area (Å²) in [5, 5.41) is 0. The monoisotopic (exact) mass is 430 g/mol. The lowest BCUT2D eigenvalue weighted by Gasteiger charge is -2.21. The summed E-state index contributed by atoms with van der Waals surface area (Å²) in [6.45, 7) is 0.911. The molecule has 0 aromatic heterocycles. The van der Waals surface area contributed by atoms with E-state index in [1.807, 2.05) is 0 Å². The lowest BCUT2D eigenvalue weighted by atomic mass is 10.2. The van der Waals surface area contributed by atoms with Crippen molar-refractivity contribution < 1.29 is 22.7 Å². The van der Waals surface area contributed by atoms with Crippen LogP contribution in [0.15, 0.2) is 59.5 Å². The summed E-state index contributed by atoms with van der Waals surface area (Å²) in [5.74, 6) is -1.09. The van der Waals surface area contributed by atoms with Gasteiger partial charge in [0.1, 0.15) is 4.90 Å². The van der Waals surface area contributed by atoms with E-state index in [0.29, 0.717) is 18.8 Å². The number of rotatable bonds is 6. The third kappa shape index (κ3) is 4.99. The van der Waals surface area contributed by atoms with E-state index in [2.05, 4.69) is 0 Å². The van der Waals surface area contributed by atoms with E-state index < -0.39 is 22.6 Å². The molecular weight excluding hydrogens is 404 g/mol. The van der Waals surface area contributed by atoms with Crippen LogP contribution in [0.4, 0.5) is 5.69 Å². The van der Waals surface area contributed by atoms with E-state index in [0.717, 1.165) is 30.0 Å². The number of likely N-dealkylation sites (tertiary alicyclic amines) is 1. The Morgan fingerprint density at radius 3 is 2.20 bits per heavy atom. The molecule has 0 N–H and O–H groups in total. The highest BCUT2D eigenvalue weighted by Gasteiger charge is 2.28. The zero-order chi connectivity index (χ0) is 21.6. The third-order valence-electron chi connectivity index (χ3n) is 5.15. The molecule has 8 heteroatoms. The average Bonchev–Trinajstić information content (AvgIpc) is 3.07. The van der Waals surface area contributed by atoms with Gasteiger partial charge in [0.05, 0.1) is 11.3 Å². The van der Waals surface area contributed by atoms with Gasteiger partial charge in [-0.3, -0.25) is 9.10 Å². The van der Waals surface area contributed by atoms with Gasteiger partial charge in [0.15, 0.2) is 6.61 Å². The zero-order valence-corrected chi connectivity index (χ0v) is 17.8. The molecule has 0 atom stereocenters. The van der Waals surface area contributed by atoms with Crippen molar-refractivity contribution in [2.75, 3.05) is 31.0 Å². The summed E-state index contributed by atoms with van der Waals surface area (Å²) in [6.07, 6.45) is 4.05. The van der Waals surface area contributed by atoms with Crippen molar-refractivity contribution in [3.63, 3.8) is 0 Å². The van der Waals surface area contributed by atoms with Crippen LogP contribution < -0.4 is 4.31 Å². The van der Waals surface area contributed by atoms with Gasteiger partial charge in [-0.15, -0.1) is 0 Å². The Kier molecular flexibility index (Phi) is 7.10. The van der Waals surface area contributed by atoms with Gasteiger partial charge in [-0.1, -0.05) is 43.2 Å². The van der Waals surface area contributed by atoms with Gasteiger partial charge in [0.25, 0.3) is 15.9 Å². The van der Waals surface area contributed by atoms with Gasteiger partial charge >= 0.3 is 5.97 Å². The lowest BCUT2D eigenvalue weighted by Crippen LogP contribution is -2.35. The van der Waals surface area contributed by atoms with E-state index in [1.165, 1.54) is 19.2 Å². The molecule has 0 saturated carbocycles. The predicted octanol–water partition coefficient (Wildman–Crippen LogP) is 3.07. The first kappa shape index (κ1) is 21.8. The number of ether oxygens (including phenoxy) is 1. The minimum atomic E-state index is -3.99. The van der Waals surface area contributed by atoms with Crippen molar-refractivity contribution in [2.45, 2.75) is 30.6 Å². The predicted molar refractivity (Wildman–Crippen MR) is 114 cm³/mol. The number of amides is 1. The van der Waals surface area contributed by atoms with Gasteiger partial charge in [0, 0.05) is 20.1 Å². The molecule has 160 valence electrons. The quantitative estimate of drug-likeness (QED) is 0.658. The van der Waals surface area contributed by atoms with E-state index in [9.17, 15) is 18.0 Å². The molecule has 0 unspecified atom stereocenters. The number of nitrogens with zero attached hydrogens (tertiary/aromatic N) is 2. The molecule has 1 amide bonds. The van der Waals surface area contributed by atoms with Gasteiger partial charge in [-0.05, 0) is 37.1 Å². The normalized spacial score (nSPS) is 14.6. The Bertz CT molecular complexity index is 984. The van der Waals surface area contributed by atoms with Crippen molar-refractivity contribution in [1.29, 1.82) is 0 Å². The minimum Gasteiger partial charge on any atom is -0.452 e. The average molecular weight is 431 g/mol. The van der Waals surface area contributed by atoms with Gasteiger partial charge in [-0.2, -0.15) is 0 Å². The van der Waals surface area contributed by atoms with Crippen LogP contribution in [0.3, 0.4) is 0 Å². The highest BCUT2D eigenvalue weighted by atomic mass is 32.2. The Morgan fingerprint density at radius 2 is 1.53 bits per heavy atom. The number of carbonyl (C=O) groups is 2. The first-order valence-electron chi connectivity index (χ1n) is 9.99. The number of para-hydroxylation sites is 1. The lowest BCUT2D eigenvalue weighted by molar-refractivity contribution is -0.134.